The second-order valence-electron chi connectivity index (χ2n) is 3.08. The van der Waals surface area contributed by atoms with Crippen LogP contribution in [0, 0.1) is 11.6 Å². The second-order valence-corrected chi connectivity index (χ2v) is 3.08. The molecule has 0 fully saturated rings. The van der Waals surface area contributed by atoms with Gasteiger partial charge in [-0.25, -0.2) is 13.6 Å². The van der Waals surface area contributed by atoms with Crippen molar-refractivity contribution in [2.24, 2.45) is 0 Å². The average molecular weight is 224 g/mol. The summed E-state index contributed by atoms with van der Waals surface area (Å²) in [5.74, 6) is -1.73. The van der Waals surface area contributed by atoms with E-state index in [2.05, 4.69) is 4.98 Å². The Morgan fingerprint density at radius 1 is 1.06 bits per heavy atom. The van der Waals surface area contributed by atoms with E-state index in [4.69, 9.17) is 0 Å². The summed E-state index contributed by atoms with van der Waals surface area (Å²) in [5, 5.41) is 0. The van der Waals surface area contributed by atoms with Gasteiger partial charge in [0.05, 0.1) is 11.1 Å². The van der Waals surface area contributed by atoms with Gasteiger partial charge >= 0.3 is 5.69 Å². The molecule has 0 radical (unpaired) electrons. The molecular weight excluding hydrogens is 218 g/mol. The van der Waals surface area contributed by atoms with Gasteiger partial charge in [0.2, 0.25) is 0 Å². The van der Waals surface area contributed by atoms with E-state index in [1.807, 2.05) is 4.98 Å². The molecule has 0 aliphatic heterocycles. The van der Waals surface area contributed by atoms with E-state index < -0.39 is 28.4 Å². The van der Waals surface area contributed by atoms with Crippen LogP contribution >= 0.6 is 0 Å². The number of nitrogens with one attached hydrogen (secondary N) is 2. The first-order valence-electron chi connectivity index (χ1n) is 4.36. The first-order valence-corrected chi connectivity index (χ1v) is 4.36. The lowest BCUT2D eigenvalue weighted by Crippen LogP contribution is -2.23. The Kier molecular flexibility index (Phi) is 2.40. The molecule has 2 rings (SSSR count). The highest BCUT2D eigenvalue weighted by atomic mass is 19.1. The molecule has 0 amide bonds. The van der Waals surface area contributed by atoms with Gasteiger partial charge in [-0.1, -0.05) is 6.07 Å². The molecule has 1 heterocycles. The van der Waals surface area contributed by atoms with Crippen molar-refractivity contribution in [1.82, 2.24) is 9.97 Å². The lowest BCUT2D eigenvalue weighted by Gasteiger charge is -2.02. The first-order chi connectivity index (χ1) is 7.59. The molecule has 0 spiro atoms. The minimum Gasteiger partial charge on any atom is -0.313 e. The van der Waals surface area contributed by atoms with Gasteiger partial charge < -0.3 is 4.98 Å². The minimum absolute atomic E-state index is 0.254. The summed E-state index contributed by atoms with van der Waals surface area (Å²) in [4.78, 5) is 26.1. The van der Waals surface area contributed by atoms with Gasteiger partial charge in [-0.05, 0) is 12.1 Å². The van der Waals surface area contributed by atoms with Crippen LogP contribution in [0.25, 0.3) is 11.1 Å². The van der Waals surface area contributed by atoms with E-state index in [1.54, 1.807) is 0 Å². The van der Waals surface area contributed by atoms with Gasteiger partial charge in [0.1, 0.15) is 11.6 Å². The van der Waals surface area contributed by atoms with Crippen LogP contribution in [0.15, 0.2) is 34.0 Å². The van der Waals surface area contributed by atoms with Crippen molar-refractivity contribution in [1.29, 1.82) is 0 Å². The molecule has 2 N–H and O–H groups in total. The van der Waals surface area contributed by atoms with E-state index in [0.29, 0.717) is 0 Å². The fourth-order valence-corrected chi connectivity index (χ4v) is 1.35. The van der Waals surface area contributed by atoms with Crippen LogP contribution in [0.2, 0.25) is 0 Å². The maximum atomic E-state index is 13.3. The van der Waals surface area contributed by atoms with Crippen molar-refractivity contribution >= 4 is 0 Å². The number of halogens is 2. The highest BCUT2D eigenvalue weighted by Crippen LogP contribution is 2.21. The fraction of sp³-hybridized carbons (Fsp3) is 0. The molecule has 2 aromatic rings. The molecule has 0 aliphatic carbocycles. The third-order valence-corrected chi connectivity index (χ3v) is 2.05. The Hall–Kier alpha value is -2.24. The predicted molar refractivity (Wildman–Crippen MR) is 53.0 cm³/mol. The van der Waals surface area contributed by atoms with Crippen molar-refractivity contribution in [3.05, 3.63) is 56.9 Å². The summed E-state index contributed by atoms with van der Waals surface area (Å²) in [6.45, 7) is 0. The molecular formula is C10H6F2N2O2. The topological polar surface area (TPSA) is 65.7 Å². The van der Waals surface area contributed by atoms with E-state index in [0.717, 1.165) is 18.3 Å². The molecule has 1 aromatic heterocycles. The van der Waals surface area contributed by atoms with Gasteiger partial charge in [0.15, 0.2) is 0 Å². The maximum Gasteiger partial charge on any atom is 0.325 e. The SMILES string of the molecule is O=c1[nH]cc(-c2c(F)cccc2F)c(=O)[nH]1. The minimum atomic E-state index is -0.863. The standard InChI is InChI=1S/C10H6F2N2O2/c11-6-2-1-3-7(12)8(6)5-4-13-10(16)14-9(5)15/h1-4H,(H2,13,14,15,16). The smallest absolute Gasteiger partial charge is 0.313 e. The Morgan fingerprint density at radius 3 is 2.25 bits per heavy atom. The Bertz CT molecular complexity index is 626. The summed E-state index contributed by atoms with van der Waals surface area (Å²) >= 11 is 0. The van der Waals surface area contributed by atoms with E-state index in [-0.39, 0.29) is 5.56 Å². The zero-order valence-corrected chi connectivity index (χ0v) is 7.88. The Balaban J connectivity index is 2.78. The third-order valence-electron chi connectivity index (χ3n) is 2.05. The van der Waals surface area contributed by atoms with Gasteiger partial charge in [-0.15, -0.1) is 0 Å². The van der Waals surface area contributed by atoms with Crippen LogP contribution < -0.4 is 11.2 Å². The molecule has 82 valence electrons. The van der Waals surface area contributed by atoms with Crippen molar-refractivity contribution in [3.8, 4) is 11.1 Å². The number of rotatable bonds is 1. The molecule has 16 heavy (non-hydrogen) atoms. The fourth-order valence-electron chi connectivity index (χ4n) is 1.35. The second kappa shape index (κ2) is 3.73. The molecule has 0 bridgehead atoms. The quantitative estimate of drug-likeness (QED) is 0.759. The molecule has 6 heteroatoms. The van der Waals surface area contributed by atoms with Crippen LogP contribution in [0.3, 0.4) is 0 Å². The predicted octanol–water partition coefficient (Wildman–Crippen LogP) is 1.01. The Morgan fingerprint density at radius 2 is 1.69 bits per heavy atom. The van der Waals surface area contributed by atoms with Gasteiger partial charge in [-0.3, -0.25) is 9.78 Å². The summed E-state index contributed by atoms with van der Waals surface area (Å²) in [6, 6.07) is 3.25. The van der Waals surface area contributed by atoms with E-state index in [1.165, 1.54) is 6.07 Å². The summed E-state index contributed by atoms with van der Waals surface area (Å²) in [5.41, 5.74) is -2.28. The first kappa shape index (κ1) is 10.3. The van der Waals surface area contributed by atoms with Crippen LogP contribution in [0.5, 0.6) is 0 Å². The van der Waals surface area contributed by atoms with Crippen LogP contribution in [0.4, 0.5) is 8.78 Å². The average Bonchev–Trinajstić information content (AvgIpc) is 2.20. The molecule has 0 unspecified atom stereocenters. The van der Waals surface area contributed by atoms with Gasteiger partial charge in [0, 0.05) is 6.20 Å². The molecule has 0 saturated heterocycles. The molecule has 0 atom stereocenters. The number of aromatic amines is 2. The van der Waals surface area contributed by atoms with E-state index >= 15 is 0 Å². The van der Waals surface area contributed by atoms with Crippen molar-refractivity contribution in [2.75, 3.05) is 0 Å². The van der Waals surface area contributed by atoms with Gasteiger partial charge in [0.25, 0.3) is 5.56 Å². The maximum absolute atomic E-state index is 13.3. The van der Waals surface area contributed by atoms with Crippen LogP contribution in [-0.2, 0) is 0 Å². The van der Waals surface area contributed by atoms with E-state index in [9.17, 15) is 18.4 Å². The Labute approximate surface area is 87.6 Å². The summed E-state index contributed by atoms with van der Waals surface area (Å²) in [6.07, 6.45) is 0.975. The largest absolute Gasteiger partial charge is 0.325 e. The van der Waals surface area contributed by atoms with Crippen LogP contribution in [0.1, 0.15) is 0 Å². The van der Waals surface area contributed by atoms with Gasteiger partial charge in [-0.2, -0.15) is 0 Å². The zero-order chi connectivity index (χ0) is 11.7. The number of benzene rings is 1. The number of hydrogen-bond acceptors (Lipinski definition) is 2. The highest BCUT2D eigenvalue weighted by molar-refractivity contribution is 5.62. The molecule has 4 nitrogen and oxygen atoms in total. The lowest BCUT2D eigenvalue weighted by molar-refractivity contribution is 0.589. The van der Waals surface area contributed by atoms with Crippen molar-refractivity contribution in [2.45, 2.75) is 0 Å². The lowest BCUT2D eigenvalue weighted by atomic mass is 10.1. The monoisotopic (exact) mass is 224 g/mol. The molecule has 1 aromatic carbocycles. The number of aromatic nitrogens is 2. The summed E-state index contributed by atoms with van der Waals surface area (Å²) < 4.78 is 26.7. The molecule has 0 saturated carbocycles. The summed E-state index contributed by atoms with van der Waals surface area (Å²) in [7, 11) is 0. The van der Waals surface area contributed by atoms with Crippen molar-refractivity contribution in [3.63, 3.8) is 0 Å². The molecule has 0 aliphatic rings. The zero-order valence-electron chi connectivity index (χ0n) is 7.88. The van der Waals surface area contributed by atoms with Crippen molar-refractivity contribution < 1.29 is 8.78 Å². The van der Waals surface area contributed by atoms with Crippen LogP contribution in [-0.4, -0.2) is 9.97 Å². The normalized spacial score (nSPS) is 10.4. The number of H-pyrrole nitrogens is 2. The third kappa shape index (κ3) is 1.65. The number of hydrogen-bond donors (Lipinski definition) is 2. The highest BCUT2D eigenvalue weighted by Gasteiger charge is 2.14.